The van der Waals surface area contributed by atoms with Gasteiger partial charge in [-0.1, -0.05) is 41.4 Å². The number of ether oxygens (including phenoxy) is 3. The lowest BCUT2D eigenvalue weighted by molar-refractivity contribution is -0.202. The minimum atomic E-state index is -1.69. The van der Waals surface area contributed by atoms with E-state index in [-0.39, 0.29) is 12.0 Å². The van der Waals surface area contributed by atoms with Crippen LogP contribution < -0.4 is 0 Å². The first-order chi connectivity index (χ1) is 8.61. The number of halogens is 3. The molecule has 0 N–H and O–H groups in total. The molecule has 1 aliphatic heterocycles. The Morgan fingerprint density at radius 1 is 1.37 bits per heavy atom. The molecule has 108 valence electrons. The van der Waals surface area contributed by atoms with E-state index in [4.69, 9.17) is 44.3 Å². The standard InChI is InChI=1S/C11H13Cl3O5/c1-7(3-8(15)18-6-11(12,13)14)9(16)19-10(2)4-17-5-10/h1,3-6H2,2H3. The molecule has 0 radical (unpaired) electrons. The number of esters is 2. The van der Waals surface area contributed by atoms with Crippen molar-refractivity contribution in [2.45, 2.75) is 22.7 Å². The summed E-state index contributed by atoms with van der Waals surface area (Å²) in [6.45, 7) is 5.44. The monoisotopic (exact) mass is 330 g/mol. The summed E-state index contributed by atoms with van der Waals surface area (Å²) in [5, 5.41) is 0. The molecule has 0 saturated carbocycles. The van der Waals surface area contributed by atoms with Crippen LogP contribution in [0.4, 0.5) is 0 Å². The highest BCUT2D eigenvalue weighted by Crippen LogP contribution is 2.26. The van der Waals surface area contributed by atoms with E-state index in [2.05, 4.69) is 11.3 Å². The Hall–Kier alpha value is -0.490. The normalized spacial score (nSPS) is 17.3. The van der Waals surface area contributed by atoms with Crippen LogP contribution in [0.15, 0.2) is 12.2 Å². The molecule has 1 fully saturated rings. The van der Waals surface area contributed by atoms with Crippen molar-refractivity contribution in [1.82, 2.24) is 0 Å². The average Bonchev–Trinajstić information content (AvgIpc) is 2.23. The second-order valence-corrected chi connectivity index (χ2v) is 6.90. The molecule has 1 aliphatic rings. The number of rotatable bonds is 5. The quantitative estimate of drug-likeness (QED) is 0.439. The molecule has 0 aromatic carbocycles. The molecule has 0 atom stereocenters. The highest BCUT2D eigenvalue weighted by Gasteiger charge is 2.38. The van der Waals surface area contributed by atoms with Crippen molar-refractivity contribution < 1.29 is 23.8 Å². The summed E-state index contributed by atoms with van der Waals surface area (Å²) in [6, 6.07) is 0. The minimum Gasteiger partial charge on any atom is -0.461 e. The van der Waals surface area contributed by atoms with Gasteiger partial charge in [0.25, 0.3) is 0 Å². The Morgan fingerprint density at radius 3 is 2.37 bits per heavy atom. The van der Waals surface area contributed by atoms with Gasteiger partial charge in [-0.15, -0.1) is 0 Å². The Kier molecular flexibility index (Phi) is 5.50. The SMILES string of the molecule is C=C(CC(=O)OCC(Cl)(Cl)Cl)C(=O)OC1(C)COC1. The third-order valence-corrected chi connectivity index (χ3v) is 2.52. The molecule has 0 spiro atoms. The average molecular weight is 332 g/mol. The zero-order valence-corrected chi connectivity index (χ0v) is 12.5. The summed E-state index contributed by atoms with van der Waals surface area (Å²) < 4.78 is 13.0. The van der Waals surface area contributed by atoms with E-state index in [0.29, 0.717) is 13.2 Å². The van der Waals surface area contributed by atoms with Gasteiger partial charge < -0.3 is 14.2 Å². The molecule has 0 aliphatic carbocycles. The van der Waals surface area contributed by atoms with Gasteiger partial charge in [0.2, 0.25) is 3.79 Å². The van der Waals surface area contributed by atoms with E-state index in [1.165, 1.54) is 0 Å². The number of alkyl halides is 3. The fraction of sp³-hybridized carbons (Fsp3) is 0.636. The third-order valence-electron chi connectivity index (χ3n) is 2.20. The van der Waals surface area contributed by atoms with Crippen molar-refractivity contribution in [2.75, 3.05) is 19.8 Å². The molecule has 1 heterocycles. The molecule has 0 bridgehead atoms. The molecular formula is C11H13Cl3O5. The fourth-order valence-electron chi connectivity index (χ4n) is 1.20. The maximum Gasteiger partial charge on any atom is 0.334 e. The lowest BCUT2D eigenvalue weighted by atomic mass is 10.1. The van der Waals surface area contributed by atoms with Crippen LogP contribution >= 0.6 is 34.8 Å². The summed E-state index contributed by atoms with van der Waals surface area (Å²) in [6.07, 6.45) is -0.323. The first-order valence-electron chi connectivity index (χ1n) is 5.32. The Bertz CT molecular complexity index is 384. The lowest BCUT2D eigenvalue weighted by Gasteiger charge is -2.37. The number of carbonyl (C=O) groups excluding carboxylic acids is 2. The predicted octanol–water partition coefficient (Wildman–Crippen LogP) is 2.18. The molecule has 0 aromatic heterocycles. The Morgan fingerprint density at radius 2 is 1.95 bits per heavy atom. The van der Waals surface area contributed by atoms with Gasteiger partial charge in [0.15, 0.2) is 5.60 Å². The van der Waals surface area contributed by atoms with E-state index in [1.54, 1.807) is 6.92 Å². The van der Waals surface area contributed by atoms with E-state index < -0.39 is 27.9 Å². The van der Waals surface area contributed by atoms with Crippen LogP contribution in [0, 0.1) is 0 Å². The molecule has 8 heteroatoms. The van der Waals surface area contributed by atoms with Gasteiger partial charge in [-0.05, 0) is 6.92 Å². The summed E-state index contributed by atoms with van der Waals surface area (Å²) in [5.41, 5.74) is -0.677. The predicted molar refractivity (Wildman–Crippen MR) is 70.3 cm³/mol. The summed E-state index contributed by atoms with van der Waals surface area (Å²) >= 11 is 16.2. The highest BCUT2D eigenvalue weighted by molar-refractivity contribution is 6.67. The highest BCUT2D eigenvalue weighted by atomic mass is 35.6. The smallest absolute Gasteiger partial charge is 0.334 e. The van der Waals surface area contributed by atoms with Gasteiger partial charge in [0, 0.05) is 5.57 Å². The first-order valence-corrected chi connectivity index (χ1v) is 6.46. The fourth-order valence-corrected chi connectivity index (χ4v) is 1.37. The Labute approximate surface area is 125 Å². The number of carbonyl (C=O) groups is 2. The molecule has 0 amide bonds. The maximum absolute atomic E-state index is 11.6. The largest absolute Gasteiger partial charge is 0.461 e. The van der Waals surface area contributed by atoms with Crippen LogP contribution in [0.1, 0.15) is 13.3 Å². The third kappa shape index (κ3) is 5.99. The van der Waals surface area contributed by atoms with Gasteiger partial charge in [0.1, 0.15) is 6.61 Å². The molecular weight excluding hydrogens is 318 g/mol. The second kappa shape index (κ2) is 6.31. The second-order valence-electron chi connectivity index (χ2n) is 4.39. The first kappa shape index (κ1) is 16.6. The van der Waals surface area contributed by atoms with Gasteiger partial charge in [0.05, 0.1) is 19.6 Å². The van der Waals surface area contributed by atoms with Gasteiger partial charge >= 0.3 is 11.9 Å². The minimum absolute atomic E-state index is 0.0255. The number of hydrogen-bond acceptors (Lipinski definition) is 5. The van der Waals surface area contributed by atoms with Crippen molar-refractivity contribution in [3.8, 4) is 0 Å². The van der Waals surface area contributed by atoms with Crippen molar-refractivity contribution in [3.05, 3.63) is 12.2 Å². The van der Waals surface area contributed by atoms with Crippen LogP contribution in [-0.2, 0) is 23.8 Å². The summed E-state index contributed by atoms with van der Waals surface area (Å²) in [5.74, 6) is -1.39. The Balaban J connectivity index is 2.33. The zero-order valence-electron chi connectivity index (χ0n) is 10.2. The lowest BCUT2D eigenvalue weighted by Crippen LogP contribution is -2.50. The molecule has 1 saturated heterocycles. The molecule has 0 aromatic rings. The summed E-state index contributed by atoms with van der Waals surface area (Å²) in [4.78, 5) is 23.0. The van der Waals surface area contributed by atoms with E-state index in [1.807, 2.05) is 0 Å². The number of hydrogen-bond donors (Lipinski definition) is 0. The van der Waals surface area contributed by atoms with Crippen molar-refractivity contribution in [3.63, 3.8) is 0 Å². The maximum atomic E-state index is 11.6. The van der Waals surface area contributed by atoms with Crippen LogP contribution in [0.2, 0.25) is 0 Å². The molecule has 5 nitrogen and oxygen atoms in total. The zero-order chi connectivity index (χ0) is 14.7. The van der Waals surface area contributed by atoms with Crippen molar-refractivity contribution in [1.29, 1.82) is 0 Å². The van der Waals surface area contributed by atoms with Crippen LogP contribution in [-0.4, -0.2) is 41.2 Å². The van der Waals surface area contributed by atoms with E-state index in [0.717, 1.165) is 0 Å². The summed E-state index contributed by atoms with van der Waals surface area (Å²) in [7, 11) is 0. The molecule has 1 rings (SSSR count). The van der Waals surface area contributed by atoms with E-state index in [9.17, 15) is 9.59 Å². The van der Waals surface area contributed by atoms with Crippen LogP contribution in [0.25, 0.3) is 0 Å². The van der Waals surface area contributed by atoms with Crippen molar-refractivity contribution >= 4 is 46.7 Å². The van der Waals surface area contributed by atoms with Crippen LogP contribution in [0.5, 0.6) is 0 Å². The molecule has 19 heavy (non-hydrogen) atoms. The van der Waals surface area contributed by atoms with Crippen molar-refractivity contribution in [2.24, 2.45) is 0 Å². The van der Waals surface area contributed by atoms with E-state index >= 15 is 0 Å². The van der Waals surface area contributed by atoms with Gasteiger partial charge in [-0.2, -0.15) is 0 Å². The van der Waals surface area contributed by atoms with Gasteiger partial charge in [-0.3, -0.25) is 4.79 Å². The topological polar surface area (TPSA) is 61.8 Å². The van der Waals surface area contributed by atoms with Crippen LogP contribution in [0.3, 0.4) is 0 Å². The molecule has 0 unspecified atom stereocenters. The van der Waals surface area contributed by atoms with Gasteiger partial charge in [-0.25, -0.2) is 4.79 Å².